The average Bonchev–Trinajstić information content (AvgIpc) is 2.58. The van der Waals surface area contributed by atoms with Crippen molar-refractivity contribution in [1.82, 2.24) is 0 Å². The van der Waals surface area contributed by atoms with E-state index >= 15 is 0 Å². The zero-order chi connectivity index (χ0) is 10.9. The number of anilines is 1. The van der Waals surface area contributed by atoms with Crippen molar-refractivity contribution in [2.45, 2.75) is 0 Å². The second-order valence-electron chi connectivity index (χ2n) is 4.08. The minimum absolute atomic E-state index is 0.0782. The molecule has 0 bridgehead atoms. The van der Waals surface area contributed by atoms with Crippen LogP contribution in [0.25, 0.3) is 0 Å². The highest BCUT2D eigenvalue weighted by Crippen LogP contribution is 2.33. The van der Waals surface area contributed by atoms with E-state index in [1.165, 1.54) is 0 Å². The van der Waals surface area contributed by atoms with Crippen LogP contribution in [0.15, 0.2) is 12.1 Å². The number of rotatable bonds is 4. The smallest absolute Gasteiger partial charge is 0.0950 e. The number of hydrogen-bond donors (Lipinski definition) is 1. The van der Waals surface area contributed by atoms with E-state index in [0.29, 0.717) is 13.2 Å². The largest absolute Gasteiger partial charge is 0.396 e. The van der Waals surface area contributed by atoms with Crippen LogP contribution in [0.4, 0.5) is 5.00 Å². The van der Waals surface area contributed by atoms with Gasteiger partial charge >= 0.3 is 0 Å². The Hall–Kier alpha value is -0.290. The molecule has 84 valence electrons. The maximum atomic E-state index is 9.31. The Labute approximate surface area is 98.2 Å². The summed E-state index contributed by atoms with van der Waals surface area (Å²) >= 11 is 7.43. The van der Waals surface area contributed by atoms with E-state index in [1.807, 2.05) is 19.2 Å². The van der Waals surface area contributed by atoms with Crippen LogP contribution < -0.4 is 4.90 Å². The second-order valence-corrected chi connectivity index (χ2v) is 5.78. The number of halogens is 1. The number of ether oxygens (including phenoxy) is 1. The molecule has 1 aliphatic rings. The Morgan fingerprint density at radius 3 is 2.73 bits per heavy atom. The average molecular weight is 248 g/mol. The maximum absolute atomic E-state index is 9.31. The van der Waals surface area contributed by atoms with Crippen LogP contribution in [0.1, 0.15) is 0 Å². The summed E-state index contributed by atoms with van der Waals surface area (Å²) in [5.74, 6) is 0. The van der Waals surface area contributed by atoms with E-state index in [2.05, 4.69) is 4.90 Å². The van der Waals surface area contributed by atoms with Crippen LogP contribution in [0.2, 0.25) is 4.34 Å². The molecule has 0 atom stereocenters. The molecule has 1 N–H and O–H groups in total. The lowest BCUT2D eigenvalue weighted by molar-refractivity contribution is -0.130. The summed E-state index contributed by atoms with van der Waals surface area (Å²) in [5.41, 5.74) is -0.0782. The minimum Gasteiger partial charge on any atom is -0.396 e. The van der Waals surface area contributed by atoms with E-state index in [-0.39, 0.29) is 12.0 Å². The molecule has 0 amide bonds. The predicted octanol–water partition coefficient (Wildman–Crippen LogP) is 1.85. The maximum Gasteiger partial charge on any atom is 0.0950 e. The standard InChI is InChI=1S/C10H14ClNO2S/c1-12(9-3-2-8(11)15-9)4-10(5-13)6-14-7-10/h2-3,13H,4-7H2,1H3. The van der Waals surface area contributed by atoms with Crippen LogP contribution in [-0.2, 0) is 4.74 Å². The fraction of sp³-hybridized carbons (Fsp3) is 0.600. The number of hydrogen-bond acceptors (Lipinski definition) is 4. The van der Waals surface area contributed by atoms with Crippen molar-refractivity contribution < 1.29 is 9.84 Å². The Balaban J connectivity index is 1.99. The molecule has 0 aliphatic carbocycles. The van der Waals surface area contributed by atoms with Crippen LogP contribution in [0.3, 0.4) is 0 Å². The minimum atomic E-state index is -0.0782. The summed E-state index contributed by atoms with van der Waals surface area (Å²) in [6.07, 6.45) is 0. The highest BCUT2D eigenvalue weighted by Gasteiger charge is 2.39. The molecule has 0 aromatic carbocycles. The van der Waals surface area contributed by atoms with E-state index < -0.39 is 0 Å². The summed E-state index contributed by atoms with van der Waals surface area (Å²) < 4.78 is 5.95. The van der Waals surface area contributed by atoms with Crippen molar-refractivity contribution in [2.24, 2.45) is 5.41 Å². The molecular formula is C10H14ClNO2S. The zero-order valence-corrected chi connectivity index (χ0v) is 10.1. The lowest BCUT2D eigenvalue weighted by Gasteiger charge is -2.42. The van der Waals surface area contributed by atoms with E-state index in [0.717, 1.165) is 15.9 Å². The summed E-state index contributed by atoms with van der Waals surface area (Å²) in [7, 11) is 2.01. The first-order valence-corrected chi connectivity index (χ1v) is 6.00. The number of nitrogens with zero attached hydrogens (tertiary/aromatic N) is 1. The molecule has 0 unspecified atom stereocenters. The molecule has 1 aromatic heterocycles. The van der Waals surface area contributed by atoms with E-state index in [4.69, 9.17) is 16.3 Å². The predicted molar refractivity (Wildman–Crippen MR) is 62.9 cm³/mol. The lowest BCUT2D eigenvalue weighted by Crippen LogP contribution is -2.52. The first-order chi connectivity index (χ1) is 7.15. The van der Waals surface area contributed by atoms with Gasteiger partial charge in [-0.15, -0.1) is 11.3 Å². The molecule has 1 fully saturated rings. The summed E-state index contributed by atoms with van der Waals surface area (Å²) in [6.45, 7) is 2.27. The third-order valence-electron chi connectivity index (χ3n) is 2.66. The van der Waals surface area contributed by atoms with Gasteiger partial charge in [-0.25, -0.2) is 0 Å². The van der Waals surface area contributed by atoms with Crippen LogP contribution in [0.5, 0.6) is 0 Å². The molecule has 1 aliphatic heterocycles. The monoisotopic (exact) mass is 247 g/mol. The third-order valence-corrected chi connectivity index (χ3v) is 4.01. The molecule has 3 nitrogen and oxygen atoms in total. The number of aliphatic hydroxyl groups is 1. The number of aliphatic hydroxyl groups excluding tert-OH is 1. The van der Waals surface area contributed by atoms with Crippen molar-refractivity contribution in [3.63, 3.8) is 0 Å². The first kappa shape index (κ1) is 11.2. The fourth-order valence-electron chi connectivity index (χ4n) is 1.71. The van der Waals surface area contributed by atoms with Gasteiger partial charge in [0.25, 0.3) is 0 Å². The van der Waals surface area contributed by atoms with Crippen molar-refractivity contribution in [3.05, 3.63) is 16.5 Å². The summed E-state index contributed by atoms with van der Waals surface area (Å²) in [5, 5.41) is 10.4. The van der Waals surface area contributed by atoms with Crippen LogP contribution in [-0.4, -0.2) is 38.5 Å². The van der Waals surface area contributed by atoms with Crippen molar-refractivity contribution in [1.29, 1.82) is 0 Å². The Morgan fingerprint density at radius 1 is 1.60 bits per heavy atom. The summed E-state index contributed by atoms with van der Waals surface area (Å²) in [6, 6.07) is 3.89. The molecule has 0 saturated carbocycles. The van der Waals surface area contributed by atoms with Gasteiger partial charge in [0.05, 0.1) is 34.6 Å². The third kappa shape index (κ3) is 2.28. The highest BCUT2D eigenvalue weighted by molar-refractivity contribution is 7.19. The SMILES string of the molecule is CN(CC1(CO)COC1)c1ccc(Cl)s1. The van der Waals surface area contributed by atoms with Gasteiger partial charge in [0.1, 0.15) is 0 Å². The van der Waals surface area contributed by atoms with Gasteiger partial charge in [-0.3, -0.25) is 0 Å². The summed E-state index contributed by atoms with van der Waals surface area (Å²) in [4.78, 5) is 2.12. The van der Waals surface area contributed by atoms with Gasteiger partial charge in [-0.2, -0.15) is 0 Å². The fourth-order valence-corrected chi connectivity index (χ4v) is 2.71. The normalized spacial score (nSPS) is 18.6. The van der Waals surface area contributed by atoms with Crippen molar-refractivity contribution in [2.75, 3.05) is 38.3 Å². The van der Waals surface area contributed by atoms with E-state index in [9.17, 15) is 5.11 Å². The zero-order valence-electron chi connectivity index (χ0n) is 8.57. The molecule has 1 aromatic rings. The van der Waals surface area contributed by atoms with Gasteiger partial charge in [-0.05, 0) is 12.1 Å². The van der Waals surface area contributed by atoms with E-state index in [1.54, 1.807) is 11.3 Å². The van der Waals surface area contributed by atoms with Gasteiger partial charge in [0.15, 0.2) is 0 Å². The molecule has 15 heavy (non-hydrogen) atoms. The molecule has 2 rings (SSSR count). The molecule has 5 heteroatoms. The van der Waals surface area contributed by atoms with Crippen LogP contribution in [0, 0.1) is 5.41 Å². The Bertz CT molecular complexity index is 332. The van der Waals surface area contributed by atoms with Crippen molar-refractivity contribution >= 4 is 27.9 Å². The topological polar surface area (TPSA) is 32.7 Å². The molecular weight excluding hydrogens is 234 g/mol. The molecule has 1 saturated heterocycles. The Kier molecular flexibility index (Phi) is 3.21. The van der Waals surface area contributed by atoms with Gasteiger partial charge in [0, 0.05) is 13.6 Å². The molecule has 2 heterocycles. The van der Waals surface area contributed by atoms with Gasteiger partial charge in [0.2, 0.25) is 0 Å². The quantitative estimate of drug-likeness (QED) is 0.882. The van der Waals surface area contributed by atoms with Crippen LogP contribution >= 0.6 is 22.9 Å². The molecule has 0 spiro atoms. The van der Waals surface area contributed by atoms with Gasteiger partial charge in [-0.1, -0.05) is 11.6 Å². The van der Waals surface area contributed by atoms with Crippen molar-refractivity contribution in [3.8, 4) is 0 Å². The first-order valence-electron chi connectivity index (χ1n) is 4.80. The highest BCUT2D eigenvalue weighted by atomic mass is 35.5. The lowest BCUT2D eigenvalue weighted by atomic mass is 9.86. The Morgan fingerprint density at radius 2 is 2.33 bits per heavy atom. The van der Waals surface area contributed by atoms with Gasteiger partial charge < -0.3 is 14.7 Å². The second kappa shape index (κ2) is 4.29. The number of thiophene rings is 1. The molecule has 0 radical (unpaired) electrons.